The minimum atomic E-state index is 0.812. The predicted molar refractivity (Wildman–Crippen MR) is 97.1 cm³/mol. The second-order valence-corrected chi connectivity index (χ2v) is 5.77. The van der Waals surface area contributed by atoms with Crippen LogP contribution in [0.1, 0.15) is 12.7 Å². The van der Waals surface area contributed by atoms with Crippen molar-refractivity contribution in [3.63, 3.8) is 0 Å². The van der Waals surface area contributed by atoms with Crippen molar-refractivity contribution in [3.05, 3.63) is 54.4 Å². The van der Waals surface area contributed by atoms with E-state index in [1.807, 2.05) is 44.4 Å². The number of methoxy groups -OCH3 is 1. The van der Waals surface area contributed by atoms with E-state index in [0.29, 0.717) is 0 Å². The summed E-state index contributed by atoms with van der Waals surface area (Å²) in [6.07, 6.45) is 0.812. The Hall–Kier alpha value is -2.82. The number of nitrogens with zero attached hydrogens (tertiary/aromatic N) is 4. The first-order valence-electron chi connectivity index (χ1n) is 8.00. The van der Waals surface area contributed by atoms with E-state index in [4.69, 9.17) is 4.74 Å². The van der Waals surface area contributed by atoms with Gasteiger partial charge in [-0.05, 0) is 36.4 Å². The van der Waals surface area contributed by atoms with Gasteiger partial charge in [-0.2, -0.15) is 0 Å². The van der Waals surface area contributed by atoms with Crippen LogP contribution < -0.4 is 9.64 Å². The number of rotatable bonds is 5. The van der Waals surface area contributed by atoms with Crippen LogP contribution in [0.3, 0.4) is 0 Å². The maximum Gasteiger partial charge on any atom is 0.168 e. The zero-order valence-electron chi connectivity index (χ0n) is 14.5. The first-order chi connectivity index (χ1) is 11.6. The van der Waals surface area contributed by atoms with Gasteiger partial charge in [-0.1, -0.05) is 19.1 Å². The Kier molecular flexibility index (Phi) is 4.51. The Morgan fingerprint density at radius 1 is 1.04 bits per heavy atom. The van der Waals surface area contributed by atoms with E-state index < -0.39 is 0 Å². The van der Waals surface area contributed by atoms with Crippen LogP contribution in [-0.4, -0.2) is 36.0 Å². The van der Waals surface area contributed by atoms with Crippen LogP contribution >= 0.6 is 0 Å². The molecular formula is C19H22N4O. The summed E-state index contributed by atoms with van der Waals surface area (Å²) >= 11 is 0. The van der Waals surface area contributed by atoms with Gasteiger partial charge in [0.05, 0.1) is 7.11 Å². The third-order valence-corrected chi connectivity index (χ3v) is 4.00. The molecule has 1 heterocycles. The molecule has 0 saturated carbocycles. The smallest absolute Gasteiger partial charge is 0.168 e. The first-order valence-corrected chi connectivity index (χ1v) is 8.00. The van der Waals surface area contributed by atoms with Crippen molar-refractivity contribution in [1.82, 2.24) is 14.8 Å². The van der Waals surface area contributed by atoms with Gasteiger partial charge in [0.15, 0.2) is 5.82 Å². The summed E-state index contributed by atoms with van der Waals surface area (Å²) in [5.74, 6) is 2.62. The van der Waals surface area contributed by atoms with Crippen LogP contribution in [0.2, 0.25) is 0 Å². The minimum Gasteiger partial charge on any atom is -0.497 e. The SMILES string of the molecule is CCc1nnc(-c2cccc(N(C)C)c2)n1-c1ccc(OC)cc1. The topological polar surface area (TPSA) is 43.2 Å². The van der Waals surface area contributed by atoms with Crippen molar-refractivity contribution in [3.8, 4) is 22.8 Å². The van der Waals surface area contributed by atoms with Crippen LogP contribution in [0.5, 0.6) is 5.75 Å². The molecule has 3 aromatic rings. The van der Waals surface area contributed by atoms with Crippen LogP contribution in [-0.2, 0) is 6.42 Å². The molecule has 2 aromatic carbocycles. The summed E-state index contributed by atoms with van der Waals surface area (Å²) in [5.41, 5.74) is 3.21. The average Bonchev–Trinajstić information content (AvgIpc) is 3.06. The highest BCUT2D eigenvalue weighted by molar-refractivity contribution is 5.65. The maximum absolute atomic E-state index is 5.25. The number of hydrogen-bond acceptors (Lipinski definition) is 4. The zero-order chi connectivity index (χ0) is 17.1. The lowest BCUT2D eigenvalue weighted by Crippen LogP contribution is -2.08. The molecule has 5 nitrogen and oxygen atoms in total. The van der Waals surface area contributed by atoms with E-state index in [9.17, 15) is 0 Å². The molecule has 0 radical (unpaired) electrons. The van der Waals surface area contributed by atoms with Gasteiger partial charge >= 0.3 is 0 Å². The lowest BCUT2D eigenvalue weighted by atomic mass is 10.1. The first kappa shape index (κ1) is 16.1. The number of hydrogen-bond donors (Lipinski definition) is 0. The van der Waals surface area contributed by atoms with E-state index in [2.05, 4.69) is 44.8 Å². The summed E-state index contributed by atoms with van der Waals surface area (Å²) in [5, 5.41) is 8.81. The number of aromatic nitrogens is 3. The molecule has 0 spiro atoms. The molecule has 0 aliphatic carbocycles. The van der Waals surface area contributed by atoms with Gasteiger partial charge in [-0.15, -0.1) is 10.2 Å². The molecule has 0 atom stereocenters. The van der Waals surface area contributed by atoms with Gasteiger partial charge in [0.2, 0.25) is 0 Å². The quantitative estimate of drug-likeness (QED) is 0.720. The molecule has 0 N–H and O–H groups in total. The summed E-state index contributed by atoms with van der Waals surface area (Å²) < 4.78 is 7.36. The molecule has 24 heavy (non-hydrogen) atoms. The number of ether oxygens (including phenoxy) is 1. The second-order valence-electron chi connectivity index (χ2n) is 5.77. The summed E-state index contributed by atoms with van der Waals surface area (Å²) in [6.45, 7) is 2.09. The standard InChI is InChI=1S/C19H22N4O/c1-5-18-20-21-19(14-7-6-8-16(13-14)22(2)3)23(18)15-9-11-17(24-4)12-10-15/h6-13H,5H2,1-4H3. The van der Waals surface area contributed by atoms with Gasteiger partial charge in [0.25, 0.3) is 0 Å². The molecule has 3 rings (SSSR count). The largest absolute Gasteiger partial charge is 0.497 e. The van der Waals surface area contributed by atoms with Gasteiger partial charge in [0, 0.05) is 37.5 Å². The number of aryl methyl sites for hydroxylation is 1. The van der Waals surface area contributed by atoms with Gasteiger partial charge in [-0.3, -0.25) is 4.57 Å². The zero-order valence-corrected chi connectivity index (χ0v) is 14.5. The number of benzene rings is 2. The van der Waals surface area contributed by atoms with Gasteiger partial charge < -0.3 is 9.64 Å². The maximum atomic E-state index is 5.25. The predicted octanol–water partition coefficient (Wildman–Crippen LogP) is 3.57. The Labute approximate surface area is 142 Å². The third-order valence-electron chi connectivity index (χ3n) is 4.00. The van der Waals surface area contributed by atoms with Gasteiger partial charge in [-0.25, -0.2) is 0 Å². The van der Waals surface area contributed by atoms with E-state index in [1.54, 1.807) is 7.11 Å². The molecular weight excluding hydrogens is 300 g/mol. The molecule has 124 valence electrons. The lowest BCUT2D eigenvalue weighted by Gasteiger charge is -2.14. The Bertz CT molecular complexity index is 822. The molecule has 0 amide bonds. The second kappa shape index (κ2) is 6.74. The van der Waals surface area contributed by atoms with E-state index in [-0.39, 0.29) is 0 Å². The summed E-state index contributed by atoms with van der Waals surface area (Å²) in [6, 6.07) is 16.3. The van der Waals surface area contributed by atoms with Crippen molar-refractivity contribution in [1.29, 1.82) is 0 Å². The van der Waals surface area contributed by atoms with E-state index >= 15 is 0 Å². The number of anilines is 1. The van der Waals surface area contributed by atoms with Crippen molar-refractivity contribution in [2.24, 2.45) is 0 Å². The molecule has 0 aliphatic heterocycles. The summed E-state index contributed by atoms with van der Waals surface area (Å²) in [4.78, 5) is 2.08. The normalized spacial score (nSPS) is 10.7. The summed E-state index contributed by atoms with van der Waals surface area (Å²) in [7, 11) is 5.74. The highest BCUT2D eigenvalue weighted by Crippen LogP contribution is 2.27. The van der Waals surface area contributed by atoms with E-state index in [1.165, 1.54) is 0 Å². The molecule has 0 bridgehead atoms. The molecule has 0 aliphatic rings. The average molecular weight is 322 g/mol. The molecule has 5 heteroatoms. The highest BCUT2D eigenvalue weighted by atomic mass is 16.5. The molecule has 0 unspecified atom stereocenters. The Balaban J connectivity index is 2.12. The van der Waals surface area contributed by atoms with Crippen molar-refractivity contribution < 1.29 is 4.74 Å². The fraction of sp³-hybridized carbons (Fsp3) is 0.263. The van der Waals surface area contributed by atoms with Crippen molar-refractivity contribution >= 4 is 5.69 Å². The van der Waals surface area contributed by atoms with Crippen molar-refractivity contribution in [2.45, 2.75) is 13.3 Å². The fourth-order valence-corrected chi connectivity index (χ4v) is 2.66. The van der Waals surface area contributed by atoms with E-state index in [0.717, 1.165) is 40.8 Å². The Morgan fingerprint density at radius 2 is 1.79 bits per heavy atom. The molecule has 0 saturated heterocycles. The minimum absolute atomic E-state index is 0.812. The van der Waals surface area contributed by atoms with Crippen LogP contribution in [0.4, 0.5) is 5.69 Å². The third kappa shape index (κ3) is 2.97. The highest BCUT2D eigenvalue weighted by Gasteiger charge is 2.15. The van der Waals surface area contributed by atoms with Crippen LogP contribution in [0.15, 0.2) is 48.5 Å². The molecule has 0 fully saturated rings. The van der Waals surface area contributed by atoms with Crippen LogP contribution in [0, 0.1) is 0 Å². The monoisotopic (exact) mass is 322 g/mol. The van der Waals surface area contributed by atoms with Gasteiger partial charge in [0.1, 0.15) is 11.6 Å². The van der Waals surface area contributed by atoms with Crippen LogP contribution in [0.25, 0.3) is 17.1 Å². The van der Waals surface area contributed by atoms with Crippen molar-refractivity contribution in [2.75, 3.05) is 26.1 Å². The Morgan fingerprint density at radius 3 is 2.42 bits per heavy atom. The fourth-order valence-electron chi connectivity index (χ4n) is 2.66. The molecule has 1 aromatic heterocycles. The lowest BCUT2D eigenvalue weighted by molar-refractivity contribution is 0.414.